The van der Waals surface area contributed by atoms with Gasteiger partial charge in [0.25, 0.3) is 0 Å². The average molecular weight is 180 g/mol. The molecule has 0 heteroatoms. The molecule has 0 aliphatic heterocycles. The van der Waals surface area contributed by atoms with E-state index in [1.165, 1.54) is 0 Å². The highest BCUT2D eigenvalue weighted by molar-refractivity contribution is 3.51. The van der Waals surface area contributed by atoms with Crippen LogP contribution in [0.15, 0.2) is 0 Å². The van der Waals surface area contributed by atoms with Gasteiger partial charge in [-0.25, -0.2) is 0 Å². The second-order valence-electron chi connectivity index (χ2n) is 0. The van der Waals surface area contributed by atoms with E-state index >= 15 is 0 Å². The van der Waals surface area contributed by atoms with E-state index in [0.29, 0.717) is 0 Å². The first-order valence-corrected chi connectivity index (χ1v) is 6.00. The molecular formula is C12H36. The minimum absolute atomic E-state index is 2.00. The maximum absolute atomic E-state index is 2.00. The molecule has 0 amide bonds. The van der Waals surface area contributed by atoms with E-state index in [9.17, 15) is 0 Å². The summed E-state index contributed by atoms with van der Waals surface area (Å²) in [6.07, 6.45) is 0. The van der Waals surface area contributed by atoms with Gasteiger partial charge in [0.15, 0.2) is 0 Å². The third-order valence-electron chi connectivity index (χ3n) is 0. The molecule has 0 fully saturated rings. The Hall–Kier alpha value is 0. The first-order chi connectivity index (χ1) is 6.00. The zero-order valence-corrected chi connectivity index (χ0v) is 12.0. The lowest BCUT2D eigenvalue weighted by molar-refractivity contribution is 1.50. The molecule has 0 rings (SSSR count). The molecule has 12 heavy (non-hydrogen) atoms. The summed E-state index contributed by atoms with van der Waals surface area (Å²) in [4.78, 5) is 0. The quantitative estimate of drug-likeness (QED) is 0.419. The van der Waals surface area contributed by atoms with Crippen LogP contribution in [0.2, 0.25) is 0 Å². The van der Waals surface area contributed by atoms with E-state index in [-0.39, 0.29) is 0 Å². The summed E-state index contributed by atoms with van der Waals surface area (Å²) in [7, 11) is 0. The molecule has 0 aromatic rings. The van der Waals surface area contributed by atoms with E-state index in [4.69, 9.17) is 0 Å². The van der Waals surface area contributed by atoms with Crippen LogP contribution in [0.4, 0.5) is 0 Å². The van der Waals surface area contributed by atoms with Gasteiger partial charge in [0.2, 0.25) is 0 Å². The van der Waals surface area contributed by atoms with Crippen LogP contribution in [0.3, 0.4) is 0 Å². The largest absolute Gasteiger partial charge is 0.0683 e. The molecule has 0 saturated heterocycles. The Morgan fingerprint density at radius 1 is 0.167 bits per heavy atom. The molecular weight excluding hydrogens is 144 g/mol. The molecule has 0 bridgehead atoms. The fraction of sp³-hybridized carbons (Fsp3) is 1.00. The molecule has 0 unspecified atom stereocenters. The molecule has 84 valence electrons. The molecule has 0 heterocycles. The van der Waals surface area contributed by atoms with Crippen LogP contribution in [0.5, 0.6) is 0 Å². The van der Waals surface area contributed by atoms with E-state index in [0.717, 1.165) is 0 Å². The molecule has 0 aromatic heterocycles. The van der Waals surface area contributed by atoms with Crippen molar-refractivity contribution in [2.24, 2.45) is 0 Å². The Kier molecular flexibility index (Phi) is 0. The van der Waals surface area contributed by atoms with Gasteiger partial charge in [0, 0.05) is 0 Å². The van der Waals surface area contributed by atoms with Crippen molar-refractivity contribution in [2.45, 2.75) is 83.1 Å². The molecule has 0 aliphatic carbocycles. The van der Waals surface area contributed by atoms with Gasteiger partial charge in [-0.15, -0.1) is 0 Å². The summed E-state index contributed by atoms with van der Waals surface area (Å²) in [5.74, 6) is 0. The zero-order valence-electron chi connectivity index (χ0n) is 12.0. The van der Waals surface area contributed by atoms with Crippen molar-refractivity contribution in [1.29, 1.82) is 0 Å². The molecule has 0 spiro atoms. The van der Waals surface area contributed by atoms with Gasteiger partial charge in [-0.2, -0.15) is 0 Å². The standard InChI is InChI=1S/6C2H6/c6*1-2/h6*1-2H3. The van der Waals surface area contributed by atoms with E-state index in [1.54, 1.807) is 0 Å². The SMILES string of the molecule is CC.CC.CC.CC.CC.CC. The van der Waals surface area contributed by atoms with Crippen LogP contribution in [0, 0.1) is 0 Å². The van der Waals surface area contributed by atoms with Crippen LogP contribution in [-0.4, -0.2) is 0 Å². The van der Waals surface area contributed by atoms with Crippen LogP contribution in [0.1, 0.15) is 83.1 Å². The lowest BCUT2D eigenvalue weighted by Gasteiger charge is -1.07. The Bertz CT molecular complexity index is 0. The maximum atomic E-state index is 2.00. The van der Waals surface area contributed by atoms with Crippen LogP contribution >= 0.6 is 0 Å². The minimum atomic E-state index is 2.00. The Morgan fingerprint density at radius 2 is 0.167 bits per heavy atom. The molecule has 0 atom stereocenters. The zero-order chi connectivity index (χ0) is 12.0. The van der Waals surface area contributed by atoms with Crippen molar-refractivity contribution < 1.29 is 0 Å². The summed E-state index contributed by atoms with van der Waals surface area (Å²) < 4.78 is 0. The highest BCUT2D eigenvalue weighted by atomic mass is 13.0. The lowest BCUT2D eigenvalue weighted by atomic mass is 11.0. The number of hydrogen-bond donors (Lipinski definition) is 0. The topological polar surface area (TPSA) is 0 Å². The lowest BCUT2D eigenvalue weighted by Crippen LogP contribution is -0.856. The van der Waals surface area contributed by atoms with Crippen LogP contribution in [0.25, 0.3) is 0 Å². The number of rotatable bonds is 0. The van der Waals surface area contributed by atoms with Crippen molar-refractivity contribution in [1.82, 2.24) is 0 Å². The van der Waals surface area contributed by atoms with Gasteiger partial charge in [0.05, 0.1) is 0 Å². The highest BCUT2D eigenvalue weighted by Gasteiger charge is 0.942. The number of hydrogen-bond acceptors (Lipinski definition) is 0. The van der Waals surface area contributed by atoms with E-state index in [1.807, 2.05) is 83.1 Å². The van der Waals surface area contributed by atoms with Crippen molar-refractivity contribution >= 4 is 0 Å². The van der Waals surface area contributed by atoms with Crippen molar-refractivity contribution in [3.63, 3.8) is 0 Å². The third kappa shape index (κ3) is 0. The summed E-state index contributed by atoms with van der Waals surface area (Å²) in [6.45, 7) is 24.0. The second-order valence-corrected chi connectivity index (χ2v) is 0. The second kappa shape index (κ2) is 0. The molecule has 0 radical (unpaired) electrons. The van der Waals surface area contributed by atoms with Gasteiger partial charge in [-0.05, 0) is 0 Å². The normalized spacial score (nSPS) is 3.00. The summed E-state index contributed by atoms with van der Waals surface area (Å²) in [5, 5.41) is 0. The molecule has 0 aliphatic rings. The fourth-order valence-corrected chi connectivity index (χ4v) is 0. The van der Waals surface area contributed by atoms with Gasteiger partial charge < -0.3 is 0 Å². The predicted molar refractivity (Wildman–Crippen MR) is 68.1 cm³/mol. The van der Waals surface area contributed by atoms with Crippen LogP contribution < -0.4 is 0 Å². The first kappa shape index (κ1) is 40.3. The Morgan fingerprint density at radius 3 is 0.167 bits per heavy atom. The van der Waals surface area contributed by atoms with Gasteiger partial charge in [0.1, 0.15) is 0 Å². The van der Waals surface area contributed by atoms with Gasteiger partial charge in [-0.3, -0.25) is 0 Å². The predicted octanol–water partition coefficient (Wildman–Crippen LogP) is 6.16. The first-order valence-electron chi connectivity index (χ1n) is 6.00. The Balaban J connectivity index is -0.00000000900. The average Bonchev–Trinajstić information content (AvgIpc) is 2.33. The van der Waals surface area contributed by atoms with E-state index in [2.05, 4.69) is 0 Å². The summed E-state index contributed by atoms with van der Waals surface area (Å²) in [6, 6.07) is 0. The van der Waals surface area contributed by atoms with Crippen molar-refractivity contribution in [3.8, 4) is 0 Å². The minimum Gasteiger partial charge on any atom is -0.0683 e. The molecule has 0 aromatic carbocycles. The smallest absolute Gasteiger partial charge is 0.0683 e. The molecule has 0 saturated carbocycles. The third-order valence-corrected chi connectivity index (χ3v) is 0. The highest BCUT2D eigenvalue weighted by Crippen LogP contribution is 1.15. The Labute approximate surface area is 83.8 Å². The van der Waals surface area contributed by atoms with Gasteiger partial charge in [-0.1, -0.05) is 83.1 Å². The van der Waals surface area contributed by atoms with Crippen molar-refractivity contribution in [2.75, 3.05) is 0 Å². The van der Waals surface area contributed by atoms with Crippen molar-refractivity contribution in [3.05, 3.63) is 0 Å². The fourth-order valence-electron chi connectivity index (χ4n) is 0. The van der Waals surface area contributed by atoms with Gasteiger partial charge >= 0.3 is 0 Å². The van der Waals surface area contributed by atoms with Crippen LogP contribution in [-0.2, 0) is 0 Å². The molecule has 0 N–H and O–H groups in total. The van der Waals surface area contributed by atoms with E-state index < -0.39 is 0 Å². The molecule has 0 nitrogen and oxygen atoms in total. The summed E-state index contributed by atoms with van der Waals surface area (Å²) >= 11 is 0. The monoisotopic (exact) mass is 180 g/mol. The summed E-state index contributed by atoms with van der Waals surface area (Å²) in [5.41, 5.74) is 0. The maximum Gasteiger partial charge on any atom is -0.0683 e.